The van der Waals surface area contributed by atoms with Gasteiger partial charge in [-0.2, -0.15) is 0 Å². The Morgan fingerprint density at radius 1 is 0.727 bits per heavy atom. The Kier molecular flexibility index (Phi) is 22.7. The van der Waals surface area contributed by atoms with E-state index >= 15 is 0 Å². The van der Waals surface area contributed by atoms with Crippen LogP contribution in [0.3, 0.4) is 0 Å². The Hall–Kier alpha value is -0.930. The average Bonchev–Trinajstić information content (AvgIpc) is 3.02. The van der Waals surface area contributed by atoms with Crippen LogP contribution >= 0.6 is 0 Å². The van der Waals surface area contributed by atoms with Gasteiger partial charge < -0.3 is 55.2 Å². The Morgan fingerprint density at radius 2 is 1.25 bits per heavy atom. The monoisotopic (exact) mass is 637 g/mol. The van der Waals surface area contributed by atoms with Crippen molar-refractivity contribution >= 4 is 5.91 Å². The molecule has 1 fully saturated rings. The second-order valence-corrected chi connectivity index (χ2v) is 12.3. The predicted molar refractivity (Wildman–Crippen MR) is 166 cm³/mol. The first-order valence-electron chi connectivity index (χ1n) is 17.0. The highest BCUT2D eigenvalue weighted by Gasteiger charge is 2.47. The number of nitrogens with zero attached hydrogens (tertiary/aromatic N) is 1. The summed E-state index contributed by atoms with van der Waals surface area (Å²) in [6, 6.07) is 0. The van der Waals surface area contributed by atoms with Crippen LogP contribution < -0.4 is 0 Å². The summed E-state index contributed by atoms with van der Waals surface area (Å²) in [4.78, 5) is 14.7. The van der Waals surface area contributed by atoms with Crippen LogP contribution in [0.15, 0.2) is 0 Å². The highest BCUT2D eigenvalue weighted by atomic mass is 16.7. The highest BCUT2D eigenvalue weighted by molar-refractivity contribution is 5.76. The van der Waals surface area contributed by atoms with Gasteiger partial charge in [-0.05, 0) is 12.8 Å². The van der Waals surface area contributed by atoms with Gasteiger partial charge >= 0.3 is 0 Å². The van der Waals surface area contributed by atoms with Crippen LogP contribution in [0.4, 0.5) is 0 Å². The largest absolute Gasteiger partial charge is 0.394 e. The van der Waals surface area contributed by atoms with Gasteiger partial charge in [-0.3, -0.25) is 4.79 Å². The molecule has 1 heterocycles. The third-order valence-corrected chi connectivity index (χ3v) is 8.47. The molecule has 12 heteroatoms. The molecule has 0 saturated carbocycles. The second-order valence-electron chi connectivity index (χ2n) is 12.3. The molecule has 0 aromatic carbocycles. The smallest absolute Gasteiger partial charge is 0.222 e. The molecule has 0 unspecified atom stereocenters. The lowest BCUT2D eigenvalue weighted by Gasteiger charge is -2.42. The lowest BCUT2D eigenvalue weighted by atomic mass is 9.98. The van der Waals surface area contributed by atoms with Gasteiger partial charge in [-0.1, -0.05) is 97.3 Å². The molecule has 8 N–H and O–H groups in total. The first kappa shape index (κ1) is 41.1. The van der Waals surface area contributed by atoms with Crippen LogP contribution in [-0.2, 0) is 14.3 Å². The Morgan fingerprint density at radius 3 is 1.77 bits per heavy atom. The van der Waals surface area contributed by atoms with E-state index in [0.29, 0.717) is 13.0 Å². The number of aliphatic hydroxyl groups is 8. The molecule has 1 amide bonds. The molecule has 1 saturated heterocycles. The van der Waals surface area contributed by atoms with Gasteiger partial charge in [0.25, 0.3) is 0 Å². The van der Waals surface area contributed by atoms with Crippen molar-refractivity contribution in [3.8, 4) is 0 Å². The minimum Gasteiger partial charge on any atom is -0.394 e. The van der Waals surface area contributed by atoms with E-state index in [-0.39, 0.29) is 12.5 Å². The summed E-state index contributed by atoms with van der Waals surface area (Å²) >= 11 is 0. The van der Waals surface area contributed by atoms with E-state index in [4.69, 9.17) is 9.47 Å². The van der Waals surface area contributed by atoms with Crippen LogP contribution in [0, 0.1) is 0 Å². The van der Waals surface area contributed by atoms with Crippen molar-refractivity contribution in [2.45, 2.75) is 172 Å². The molecule has 0 aromatic rings. The van der Waals surface area contributed by atoms with E-state index in [1.807, 2.05) is 0 Å². The third kappa shape index (κ3) is 15.1. The highest BCUT2D eigenvalue weighted by Crippen LogP contribution is 2.25. The summed E-state index contributed by atoms with van der Waals surface area (Å²) in [5, 5.41) is 81.9. The van der Waals surface area contributed by atoms with Crippen LogP contribution in [0.5, 0.6) is 0 Å². The Balaban J connectivity index is 2.81. The first-order chi connectivity index (χ1) is 21.1. The number of unbranched alkanes of at least 4 members (excludes halogenated alkanes) is 13. The second kappa shape index (κ2) is 24.3. The van der Waals surface area contributed by atoms with Crippen molar-refractivity contribution in [1.82, 2.24) is 4.90 Å². The SMILES string of the molecule is CCCCCCCCCCCC(=O)N(CCCCCCCC)C[C@H](O)[C@@H](O)[C@H](O[C@@H]1O[C@H](CO)[C@H](O)[C@H](O)[C@H]1O)[C@H](O)CO. The fourth-order valence-electron chi connectivity index (χ4n) is 5.54. The quantitative estimate of drug-likeness (QED) is 0.0637. The number of aliphatic hydroxyl groups excluding tert-OH is 8. The number of hydrogen-bond donors (Lipinski definition) is 8. The Labute approximate surface area is 264 Å². The molecule has 1 aliphatic heterocycles. The van der Waals surface area contributed by atoms with E-state index < -0.39 is 68.3 Å². The zero-order chi connectivity index (χ0) is 32.9. The van der Waals surface area contributed by atoms with Gasteiger partial charge in [-0.25, -0.2) is 0 Å². The van der Waals surface area contributed by atoms with Gasteiger partial charge in [0.05, 0.1) is 13.2 Å². The molecule has 9 atom stereocenters. The molecule has 0 aromatic heterocycles. The summed E-state index contributed by atoms with van der Waals surface area (Å²) in [6.07, 6.45) is 1.44. The van der Waals surface area contributed by atoms with E-state index in [9.17, 15) is 45.6 Å². The Bertz CT molecular complexity index is 716. The molecular weight excluding hydrogens is 574 g/mol. The average molecular weight is 638 g/mol. The third-order valence-electron chi connectivity index (χ3n) is 8.47. The van der Waals surface area contributed by atoms with Gasteiger partial charge in [0, 0.05) is 19.5 Å². The predicted octanol–water partition coefficient (Wildman–Crippen LogP) is 1.36. The van der Waals surface area contributed by atoms with Crippen LogP contribution in [-0.4, -0.2) is 133 Å². The molecule has 1 rings (SSSR count). The number of amides is 1. The molecular formula is C32H63NO11. The van der Waals surface area contributed by atoms with Crippen LogP contribution in [0.25, 0.3) is 0 Å². The van der Waals surface area contributed by atoms with Crippen LogP contribution in [0.2, 0.25) is 0 Å². The van der Waals surface area contributed by atoms with Gasteiger partial charge in [-0.15, -0.1) is 0 Å². The molecule has 12 nitrogen and oxygen atoms in total. The van der Waals surface area contributed by atoms with Crippen molar-refractivity contribution in [2.75, 3.05) is 26.3 Å². The topological polar surface area (TPSA) is 201 Å². The van der Waals surface area contributed by atoms with E-state index in [1.54, 1.807) is 0 Å². The summed E-state index contributed by atoms with van der Waals surface area (Å²) in [7, 11) is 0. The molecule has 0 aliphatic carbocycles. The van der Waals surface area contributed by atoms with Gasteiger partial charge in [0.2, 0.25) is 5.91 Å². The minimum absolute atomic E-state index is 0.137. The normalized spacial score (nSPS) is 25.0. The summed E-state index contributed by atoms with van der Waals surface area (Å²) < 4.78 is 10.8. The number of carbonyl (C=O) groups excluding carboxylic acids is 1. The molecule has 0 bridgehead atoms. The lowest BCUT2D eigenvalue weighted by Crippen LogP contribution is -2.61. The number of rotatable bonds is 26. The zero-order valence-corrected chi connectivity index (χ0v) is 27.1. The summed E-state index contributed by atoms with van der Waals surface area (Å²) in [6.45, 7) is 2.91. The fraction of sp³-hybridized carbons (Fsp3) is 0.969. The number of hydrogen-bond acceptors (Lipinski definition) is 11. The maximum absolute atomic E-state index is 13.2. The summed E-state index contributed by atoms with van der Waals surface area (Å²) in [5.74, 6) is -0.137. The van der Waals surface area contributed by atoms with Crippen molar-refractivity contribution in [1.29, 1.82) is 0 Å². The first-order valence-corrected chi connectivity index (χ1v) is 17.0. The standard InChI is InChI=1S/C32H63NO11/c1-3-5-7-9-11-12-13-14-16-18-26(38)33(19-17-15-10-8-6-4-2)20-23(36)27(39)31(24(37)21-34)44-32-30(42)29(41)28(40)25(22-35)43-32/h23-25,27-32,34-37,39-42H,3-22H2,1-2H3/t23-,24+,25+,27+,28-,29-,30+,31+,32-/m0/s1. The van der Waals surface area contributed by atoms with E-state index in [1.165, 1.54) is 37.0 Å². The zero-order valence-electron chi connectivity index (χ0n) is 27.1. The number of ether oxygens (including phenoxy) is 2. The van der Waals surface area contributed by atoms with E-state index in [2.05, 4.69) is 13.8 Å². The van der Waals surface area contributed by atoms with Crippen molar-refractivity contribution in [3.05, 3.63) is 0 Å². The molecule has 262 valence electrons. The fourth-order valence-corrected chi connectivity index (χ4v) is 5.54. The molecule has 0 radical (unpaired) electrons. The van der Waals surface area contributed by atoms with Crippen molar-refractivity contribution in [3.63, 3.8) is 0 Å². The summed E-state index contributed by atoms with van der Waals surface area (Å²) in [5.41, 5.74) is 0. The van der Waals surface area contributed by atoms with Gasteiger partial charge in [0.15, 0.2) is 6.29 Å². The maximum atomic E-state index is 13.2. The molecule has 0 spiro atoms. The number of carbonyl (C=O) groups is 1. The minimum atomic E-state index is -1.82. The van der Waals surface area contributed by atoms with Gasteiger partial charge in [0.1, 0.15) is 48.8 Å². The van der Waals surface area contributed by atoms with Crippen LogP contribution in [0.1, 0.15) is 117 Å². The maximum Gasteiger partial charge on any atom is 0.222 e. The molecule has 44 heavy (non-hydrogen) atoms. The van der Waals surface area contributed by atoms with Crippen molar-refractivity contribution < 1.29 is 55.1 Å². The van der Waals surface area contributed by atoms with Crippen molar-refractivity contribution in [2.24, 2.45) is 0 Å². The van der Waals surface area contributed by atoms with E-state index in [0.717, 1.165) is 64.2 Å². The lowest BCUT2D eigenvalue weighted by molar-refractivity contribution is -0.327. The molecule has 1 aliphatic rings.